The molecule has 0 saturated heterocycles. The summed E-state index contributed by atoms with van der Waals surface area (Å²) in [7, 11) is 1.53. The van der Waals surface area contributed by atoms with E-state index in [0.29, 0.717) is 25.4 Å². The number of ether oxygens (including phenoxy) is 2. The molecule has 0 fully saturated rings. The van der Waals surface area contributed by atoms with Crippen LogP contribution in [0.5, 0.6) is 17.2 Å². The quantitative estimate of drug-likeness (QED) is 0.856. The van der Waals surface area contributed by atoms with Crippen LogP contribution in [0.25, 0.3) is 0 Å². The van der Waals surface area contributed by atoms with Gasteiger partial charge in [0.05, 0.1) is 13.7 Å². The molecule has 0 aliphatic heterocycles. The molecule has 4 heteroatoms. The lowest BCUT2D eigenvalue weighted by molar-refractivity contribution is 0.133. The second-order valence-electron chi connectivity index (χ2n) is 4.77. The number of hydrogen-bond acceptors (Lipinski definition) is 4. The zero-order chi connectivity index (χ0) is 15.2. The minimum absolute atomic E-state index is 0.117. The van der Waals surface area contributed by atoms with Crippen LogP contribution in [-0.4, -0.2) is 23.9 Å². The molecule has 0 aromatic heterocycles. The Morgan fingerprint density at radius 2 is 1.71 bits per heavy atom. The van der Waals surface area contributed by atoms with E-state index < -0.39 is 0 Å². The highest BCUT2D eigenvalue weighted by atomic mass is 16.5. The van der Waals surface area contributed by atoms with Crippen LogP contribution in [-0.2, 0) is 17.8 Å². The van der Waals surface area contributed by atoms with E-state index in [4.69, 9.17) is 9.47 Å². The van der Waals surface area contributed by atoms with Crippen molar-refractivity contribution in [3.05, 3.63) is 53.1 Å². The van der Waals surface area contributed by atoms with Crippen molar-refractivity contribution in [2.24, 2.45) is 0 Å². The normalized spacial score (nSPS) is 10.6. The molecule has 0 heterocycles. The molecule has 0 saturated carbocycles. The fourth-order valence-electron chi connectivity index (χ4n) is 2.16. The summed E-state index contributed by atoms with van der Waals surface area (Å²) in [5, 5.41) is 19.3. The van der Waals surface area contributed by atoms with E-state index in [-0.39, 0.29) is 11.5 Å². The Labute approximate surface area is 124 Å². The van der Waals surface area contributed by atoms with Crippen molar-refractivity contribution in [3.63, 3.8) is 0 Å². The van der Waals surface area contributed by atoms with Crippen LogP contribution < -0.4 is 4.74 Å². The molecule has 4 nitrogen and oxygen atoms in total. The Morgan fingerprint density at radius 1 is 1.00 bits per heavy atom. The number of rotatable bonds is 6. The molecule has 0 aliphatic carbocycles. The highest BCUT2D eigenvalue weighted by Crippen LogP contribution is 2.31. The monoisotopic (exact) mass is 288 g/mol. The molecular formula is C17H20O4. The largest absolute Gasteiger partial charge is 0.508 e. The third-order valence-corrected chi connectivity index (χ3v) is 3.29. The lowest BCUT2D eigenvalue weighted by atomic mass is 9.99. The minimum Gasteiger partial charge on any atom is -0.508 e. The van der Waals surface area contributed by atoms with E-state index in [9.17, 15) is 10.2 Å². The highest BCUT2D eigenvalue weighted by Gasteiger charge is 2.11. The summed E-state index contributed by atoms with van der Waals surface area (Å²) in [6.45, 7) is 3.04. The van der Waals surface area contributed by atoms with Crippen LogP contribution in [0, 0.1) is 0 Å². The van der Waals surface area contributed by atoms with Gasteiger partial charge in [0.25, 0.3) is 0 Å². The van der Waals surface area contributed by atoms with E-state index >= 15 is 0 Å². The van der Waals surface area contributed by atoms with E-state index in [1.807, 2.05) is 19.1 Å². The molecule has 2 aromatic rings. The number of methoxy groups -OCH3 is 1. The molecular weight excluding hydrogens is 268 g/mol. The minimum atomic E-state index is 0.117. The highest BCUT2D eigenvalue weighted by molar-refractivity contribution is 5.48. The van der Waals surface area contributed by atoms with Crippen LogP contribution in [0.15, 0.2) is 36.4 Å². The van der Waals surface area contributed by atoms with Crippen molar-refractivity contribution < 1.29 is 19.7 Å². The molecule has 0 radical (unpaired) electrons. The topological polar surface area (TPSA) is 58.9 Å². The van der Waals surface area contributed by atoms with E-state index in [2.05, 4.69) is 0 Å². The molecule has 2 N–H and O–H groups in total. The summed E-state index contributed by atoms with van der Waals surface area (Å²) in [4.78, 5) is 0. The van der Waals surface area contributed by atoms with Crippen LogP contribution >= 0.6 is 0 Å². The van der Waals surface area contributed by atoms with Crippen LogP contribution in [0.2, 0.25) is 0 Å². The Hall–Kier alpha value is -2.20. The average molecular weight is 288 g/mol. The average Bonchev–Trinajstić information content (AvgIpc) is 2.49. The van der Waals surface area contributed by atoms with E-state index in [1.165, 1.54) is 7.11 Å². The standard InChI is InChI=1S/C17H20O4/c1-3-21-11-14-10-17(20-2)16(19)9-13(14)8-12-4-6-15(18)7-5-12/h4-7,9-10,18-19H,3,8,11H2,1-2H3. The van der Waals surface area contributed by atoms with Crippen molar-refractivity contribution in [3.8, 4) is 17.2 Å². The van der Waals surface area contributed by atoms with Gasteiger partial charge in [0.2, 0.25) is 0 Å². The maximum atomic E-state index is 9.96. The maximum absolute atomic E-state index is 9.96. The Kier molecular flexibility index (Phi) is 5.06. The molecule has 2 rings (SSSR count). The molecule has 0 unspecified atom stereocenters. The Morgan fingerprint density at radius 3 is 2.33 bits per heavy atom. The first-order valence-corrected chi connectivity index (χ1v) is 6.88. The van der Waals surface area contributed by atoms with E-state index in [0.717, 1.165) is 16.7 Å². The lowest BCUT2D eigenvalue weighted by Crippen LogP contribution is -2.00. The van der Waals surface area contributed by atoms with E-state index in [1.54, 1.807) is 24.3 Å². The zero-order valence-electron chi connectivity index (χ0n) is 12.3. The first-order valence-electron chi connectivity index (χ1n) is 6.88. The Balaban J connectivity index is 2.31. The lowest BCUT2D eigenvalue weighted by Gasteiger charge is -2.13. The number of phenolic OH excluding ortho intramolecular Hbond substituents is 2. The molecule has 112 valence electrons. The molecule has 0 spiro atoms. The number of hydrogen-bond donors (Lipinski definition) is 2. The van der Waals surface area contributed by atoms with Crippen molar-refractivity contribution in [1.29, 1.82) is 0 Å². The fourth-order valence-corrected chi connectivity index (χ4v) is 2.16. The van der Waals surface area contributed by atoms with Gasteiger partial charge in [-0.1, -0.05) is 12.1 Å². The summed E-state index contributed by atoms with van der Waals surface area (Å²) in [5.74, 6) is 0.802. The number of aromatic hydroxyl groups is 2. The smallest absolute Gasteiger partial charge is 0.160 e. The zero-order valence-corrected chi connectivity index (χ0v) is 12.3. The summed E-state index contributed by atoms with van der Waals surface area (Å²) in [6, 6.07) is 10.5. The van der Waals surface area contributed by atoms with Gasteiger partial charge >= 0.3 is 0 Å². The second-order valence-corrected chi connectivity index (χ2v) is 4.77. The molecule has 0 bridgehead atoms. The summed E-state index contributed by atoms with van der Waals surface area (Å²) in [6.07, 6.45) is 0.653. The Bertz CT molecular complexity index is 590. The van der Waals surface area contributed by atoms with Crippen molar-refractivity contribution in [2.75, 3.05) is 13.7 Å². The summed E-state index contributed by atoms with van der Waals surface area (Å²) < 4.78 is 10.6. The third kappa shape index (κ3) is 3.89. The van der Waals surface area contributed by atoms with Gasteiger partial charge in [0, 0.05) is 6.61 Å². The number of benzene rings is 2. The first kappa shape index (κ1) is 15.2. The van der Waals surface area contributed by atoms with Gasteiger partial charge in [-0.15, -0.1) is 0 Å². The van der Waals surface area contributed by atoms with Gasteiger partial charge < -0.3 is 19.7 Å². The van der Waals surface area contributed by atoms with Gasteiger partial charge in [0.1, 0.15) is 5.75 Å². The van der Waals surface area contributed by atoms with Gasteiger partial charge in [-0.05, 0) is 54.3 Å². The van der Waals surface area contributed by atoms with Crippen molar-refractivity contribution in [1.82, 2.24) is 0 Å². The van der Waals surface area contributed by atoms with Gasteiger partial charge in [-0.3, -0.25) is 0 Å². The molecule has 0 amide bonds. The van der Waals surface area contributed by atoms with Crippen LogP contribution in [0.1, 0.15) is 23.6 Å². The molecule has 0 aliphatic rings. The van der Waals surface area contributed by atoms with Gasteiger partial charge in [-0.2, -0.15) is 0 Å². The molecule has 2 aromatic carbocycles. The summed E-state index contributed by atoms with van der Waals surface area (Å²) >= 11 is 0. The molecule has 21 heavy (non-hydrogen) atoms. The second kappa shape index (κ2) is 6.99. The number of phenols is 2. The van der Waals surface area contributed by atoms with Crippen molar-refractivity contribution >= 4 is 0 Å². The van der Waals surface area contributed by atoms with Crippen molar-refractivity contribution in [2.45, 2.75) is 20.0 Å². The fraction of sp³-hybridized carbons (Fsp3) is 0.294. The van der Waals surface area contributed by atoms with Gasteiger partial charge in [-0.25, -0.2) is 0 Å². The summed E-state index contributed by atoms with van der Waals surface area (Å²) in [5.41, 5.74) is 3.02. The third-order valence-electron chi connectivity index (χ3n) is 3.29. The predicted molar refractivity (Wildman–Crippen MR) is 80.9 cm³/mol. The maximum Gasteiger partial charge on any atom is 0.160 e. The first-order chi connectivity index (χ1) is 10.1. The van der Waals surface area contributed by atoms with Gasteiger partial charge in [0.15, 0.2) is 11.5 Å². The molecule has 0 atom stereocenters. The van der Waals surface area contributed by atoms with Crippen LogP contribution in [0.4, 0.5) is 0 Å². The predicted octanol–water partition coefficient (Wildman–Crippen LogP) is 3.23. The SMILES string of the molecule is CCOCc1cc(OC)c(O)cc1Cc1ccc(O)cc1. The van der Waals surface area contributed by atoms with Crippen LogP contribution in [0.3, 0.4) is 0 Å².